The van der Waals surface area contributed by atoms with Gasteiger partial charge in [0.1, 0.15) is 0 Å². The molecule has 0 radical (unpaired) electrons. The van der Waals surface area contributed by atoms with Crippen LogP contribution < -0.4 is 16.0 Å². The second-order valence-corrected chi connectivity index (χ2v) is 5.07. The number of nitrogens with one attached hydrogen (secondary N) is 3. The highest BCUT2D eigenvalue weighted by Gasteiger charge is 2.04. The number of carbonyl (C=O) groups is 2. The van der Waals surface area contributed by atoms with Gasteiger partial charge in [-0.3, -0.25) is 4.79 Å². The molecule has 1 aromatic rings. The summed E-state index contributed by atoms with van der Waals surface area (Å²) in [4.78, 5) is 23.0. The summed E-state index contributed by atoms with van der Waals surface area (Å²) in [7, 11) is 1.58. The van der Waals surface area contributed by atoms with Crippen molar-refractivity contribution in [1.29, 1.82) is 0 Å². The number of rotatable bonds is 6. The van der Waals surface area contributed by atoms with Gasteiger partial charge in [0.05, 0.1) is 0 Å². The molecular formula is C15H23N3O2. The number of carbonyl (C=O) groups excluding carboxylic acids is 2. The normalized spacial score (nSPS) is 10.2. The first-order chi connectivity index (χ1) is 9.52. The highest BCUT2D eigenvalue weighted by Crippen LogP contribution is 2.09. The van der Waals surface area contributed by atoms with Crippen molar-refractivity contribution in [2.75, 3.05) is 18.9 Å². The van der Waals surface area contributed by atoms with Crippen LogP contribution in [0.2, 0.25) is 0 Å². The fourth-order valence-corrected chi connectivity index (χ4v) is 1.74. The molecular weight excluding hydrogens is 254 g/mol. The Morgan fingerprint density at radius 2 is 1.80 bits per heavy atom. The van der Waals surface area contributed by atoms with E-state index in [0.29, 0.717) is 23.7 Å². The van der Waals surface area contributed by atoms with Crippen LogP contribution in [0, 0.1) is 5.92 Å². The molecule has 0 aromatic heterocycles. The largest absolute Gasteiger partial charge is 0.355 e. The summed E-state index contributed by atoms with van der Waals surface area (Å²) in [6.07, 6.45) is 2.07. The van der Waals surface area contributed by atoms with Crippen molar-refractivity contribution in [3.05, 3.63) is 29.8 Å². The van der Waals surface area contributed by atoms with Crippen LogP contribution in [-0.4, -0.2) is 25.5 Å². The first-order valence-electron chi connectivity index (χ1n) is 6.90. The summed E-state index contributed by atoms with van der Waals surface area (Å²) in [5.74, 6) is 0.506. The van der Waals surface area contributed by atoms with Gasteiger partial charge in [-0.1, -0.05) is 13.8 Å². The third-order valence-electron chi connectivity index (χ3n) is 2.88. The summed E-state index contributed by atoms with van der Waals surface area (Å²) in [5, 5.41) is 8.08. The predicted octanol–water partition coefficient (Wildman–Crippen LogP) is 2.60. The van der Waals surface area contributed by atoms with E-state index in [9.17, 15) is 9.59 Å². The Kier molecular flexibility index (Phi) is 6.56. The zero-order valence-corrected chi connectivity index (χ0v) is 12.3. The zero-order valence-electron chi connectivity index (χ0n) is 12.3. The van der Waals surface area contributed by atoms with Crippen LogP contribution in [0.25, 0.3) is 0 Å². The van der Waals surface area contributed by atoms with Gasteiger partial charge in [-0.15, -0.1) is 0 Å². The van der Waals surface area contributed by atoms with E-state index in [4.69, 9.17) is 0 Å². The van der Waals surface area contributed by atoms with Gasteiger partial charge in [0.15, 0.2) is 0 Å². The highest BCUT2D eigenvalue weighted by atomic mass is 16.2. The smallest absolute Gasteiger partial charge is 0.319 e. The molecule has 0 heterocycles. The van der Waals surface area contributed by atoms with Crippen molar-refractivity contribution in [3.63, 3.8) is 0 Å². The van der Waals surface area contributed by atoms with E-state index in [1.165, 1.54) is 0 Å². The quantitative estimate of drug-likeness (QED) is 0.699. The Morgan fingerprint density at radius 3 is 2.35 bits per heavy atom. The van der Waals surface area contributed by atoms with Gasteiger partial charge in [-0.05, 0) is 43.0 Å². The molecule has 0 unspecified atom stereocenters. The third-order valence-corrected chi connectivity index (χ3v) is 2.88. The second-order valence-electron chi connectivity index (χ2n) is 5.07. The van der Waals surface area contributed by atoms with Crippen LogP contribution >= 0.6 is 0 Å². The van der Waals surface area contributed by atoms with Crippen LogP contribution in [-0.2, 0) is 0 Å². The Labute approximate surface area is 120 Å². The maximum absolute atomic E-state index is 11.6. The van der Waals surface area contributed by atoms with Gasteiger partial charge in [0.25, 0.3) is 5.91 Å². The molecule has 0 aliphatic heterocycles. The molecule has 0 spiro atoms. The monoisotopic (exact) mass is 277 g/mol. The maximum Gasteiger partial charge on any atom is 0.319 e. The van der Waals surface area contributed by atoms with E-state index < -0.39 is 0 Å². The van der Waals surface area contributed by atoms with Crippen molar-refractivity contribution < 1.29 is 9.59 Å². The molecule has 1 aromatic carbocycles. The number of hydrogen-bond acceptors (Lipinski definition) is 2. The predicted molar refractivity (Wildman–Crippen MR) is 80.9 cm³/mol. The number of benzene rings is 1. The molecule has 0 fully saturated rings. The lowest BCUT2D eigenvalue weighted by atomic mass is 10.1. The summed E-state index contributed by atoms with van der Waals surface area (Å²) in [6.45, 7) is 4.99. The molecule has 1 rings (SSSR count). The topological polar surface area (TPSA) is 70.2 Å². The van der Waals surface area contributed by atoms with Gasteiger partial charge in [0.2, 0.25) is 0 Å². The lowest BCUT2D eigenvalue weighted by molar-refractivity contribution is 0.0963. The molecule has 3 amide bonds. The van der Waals surface area contributed by atoms with Crippen LogP contribution in [0.5, 0.6) is 0 Å². The molecule has 3 N–H and O–H groups in total. The minimum absolute atomic E-state index is 0.144. The van der Waals surface area contributed by atoms with Crippen LogP contribution in [0.15, 0.2) is 24.3 Å². The molecule has 0 bridgehead atoms. The number of hydrogen-bond donors (Lipinski definition) is 3. The minimum Gasteiger partial charge on any atom is -0.355 e. The van der Waals surface area contributed by atoms with Gasteiger partial charge in [-0.2, -0.15) is 0 Å². The summed E-state index contributed by atoms with van der Waals surface area (Å²) in [6, 6.07) is 6.54. The van der Waals surface area contributed by atoms with Crippen molar-refractivity contribution in [1.82, 2.24) is 10.6 Å². The van der Waals surface area contributed by atoms with E-state index in [2.05, 4.69) is 29.8 Å². The third kappa shape index (κ3) is 5.73. The molecule has 5 nitrogen and oxygen atoms in total. The van der Waals surface area contributed by atoms with Crippen molar-refractivity contribution in [2.24, 2.45) is 5.92 Å². The molecule has 5 heteroatoms. The van der Waals surface area contributed by atoms with Gasteiger partial charge in [0, 0.05) is 24.8 Å². The molecule has 0 atom stereocenters. The standard InChI is InChI=1S/C15H23N3O2/c1-11(2)5-4-10-17-15(20)18-13-8-6-12(7-9-13)14(19)16-3/h6-9,11H,4-5,10H2,1-3H3,(H,16,19)(H2,17,18,20). The molecule has 0 aliphatic carbocycles. The fourth-order valence-electron chi connectivity index (χ4n) is 1.74. The SMILES string of the molecule is CNC(=O)c1ccc(NC(=O)NCCCC(C)C)cc1. The number of amides is 3. The van der Waals surface area contributed by atoms with E-state index in [1.807, 2.05) is 0 Å². The highest BCUT2D eigenvalue weighted by molar-refractivity contribution is 5.95. The van der Waals surface area contributed by atoms with Gasteiger partial charge < -0.3 is 16.0 Å². The lowest BCUT2D eigenvalue weighted by Gasteiger charge is -2.09. The summed E-state index contributed by atoms with van der Waals surface area (Å²) >= 11 is 0. The molecule has 110 valence electrons. The van der Waals surface area contributed by atoms with Crippen LogP contribution in [0.1, 0.15) is 37.0 Å². The first kappa shape index (κ1) is 16.0. The molecule has 0 aliphatic rings. The Bertz CT molecular complexity index is 441. The summed E-state index contributed by atoms with van der Waals surface area (Å²) in [5.41, 5.74) is 1.23. The lowest BCUT2D eigenvalue weighted by Crippen LogP contribution is -2.29. The number of anilines is 1. The van der Waals surface area contributed by atoms with E-state index in [1.54, 1.807) is 31.3 Å². The Morgan fingerprint density at radius 1 is 1.15 bits per heavy atom. The van der Waals surface area contributed by atoms with Gasteiger partial charge >= 0.3 is 6.03 Å². The molecule has 0 saturated heterocycles. The second kappa shape index (κ2) is 8.19. The van der Waals surface area contributed by atoms with Crippen molar-refractivity contribution >= 4 is 17.6 Å². The fraction of sp³-hybridized carbons (Fsp3) is 0.467. The molecule has 20 heavy (non-hydrogen) atoms. The zero-order chi connectivity index (χ0) is 15.0. The maximum atomic E-state index is 11.6. The van der Waals surface area contributed by atoms with E-state index in [0.717, 1.165) is 12.8 Å². The van der Waals surface area contributed by atoms with E-state index >= 15 is 0 Å². The Balaban J connectivity index is 2.36. The minimum atomic E-state index is -0.221. The van der Waals surface area contributed by atoms with Crippen LogP contribution in [0.4, 0.5) is 10.5 Å². The van der Waals surface area contributed by atoms with Crippen molar-refractivity contribution in [2.45, 2.75) is 26.7 Å². The number of urea groups is 1. The first-order valence-corrected chi connectivity index (χ1v) is 6.90. The van der Waals surface area contributed by atoms with Crippen molar-refractivity contribution in [3.8, 4) is 0 Å². The van der Waals surface area contributed by atoms with E-state index in [-0.39, 0.29) is 11.9 Å². The Hall–Kier alpha value is -2.04. The average Bonchev–Trinajstić information content (AvgIpc) is 2.43. The summed E-state index contributed by atoms with van der Waals surface area (Å²) < 4.78 is 0. The average molecular weight is 277 g/mol. The van der Waals surface area contributed by atoms with Crippen LogP contribution in [0.3, 0.4) is 0 Å². The molecule has 0 saturated carbocycles. The van der Waals surface area contributed by atoms with Gasteiger partial charge in [-0.25, -0.2) is 4.79 Å².